The molecule has 0 bridgehead atoms. The van der Waals surface area contributed by atoms with Crippen LogP contribution in [0.3, 0.4) is 0 Å². The summed E-state index contributed by atoms with van der Waals surface area (Å²) in [5.41, 5.74) is 0.862. The molecule has 306 valence electrons. The first-order valence-corrected chi connectivity index (χ1v) is 17.2. The monoisotopic (exact) mass is 786 g/mol. The van der Waals surface area contributed by atoms with E-state index in [1.807, 2.05) is 0 Å². The van der Waals surface area contributed by atoms with E-state index in [0.717, 1.165) is 6.08 Å². The third-order valence-electron chi connectivity index (χ3n) is 9.37. The van der Waals surface area contributed by atoms with Crippen molar-refractivity contribution in [1.82, 2.24) is 0 Å². The molecule has 2 aromatic carbocycles. The zero-order valence-corrected chi connectivity index (χ0v) is 29.2. The van der Waals surface area contributed by atoms with Crippen LogP contribution in [-0.4, -0.2) is 179 Å². The maximum absolute atomic E-state index is 12.6. The van der Waals surface area contributed by atoms with Gasteiger partial charge < -0.3 is 94.4 Å². The van der Waals surface area contributed by atoms with E-state index in [1.54, 1.807) is 0 Å². The van der Waals surface area contributed by atoms with Gasteiger partial charge in [0.2, 0.25) is 0 Å². The lowest BCUT2D eigenvalue weighted by Gasteiger charge is -2.48. The van der Waals surface area contributed by atoms with Crippen LogP contribution in [0.25, 0.3) is 6.08 Å². The number of esters is 1. The zero-order valence-electron chi connectivity index (χ0n) is 29.2. The molecule has 0 radical (unpaired) electrons. The van der Waals surface area contributed by atoms with Gasteiger partial charge >= 0.3 is 5.97 Å². The molecular weight excluding hydrogens is 740 g/mol. The van der Waals surface area contributed by atoms with Crippen molar-refractivity contribution in [2.24, 2.45) is 0 Å². The molecule has 3 aliphatic rings. The van der Waals surface area contributed by atoms with E-state index < -0.39 is 117 Å². The molecular formula is C35H46O20. The smallest absolute Gasteiger partial charge is 0.330 e. The van der Waals surface area contributed by atoms with Crippen LogP contribution in [0.2, 0.25) is 0 Å². The Morgan fingerprint density at radius 1 is 0.673 bits per heavy atom. The molecule has 0 unspecified atom stereocenters. The van der Waals surface area contributed by atoms with Gasteiger partial charge in [-0.15, -0.1) is 0 Å². The van der Waals surface area contributed by atoms with E-state index in [0.29, 0.717) is 11.1 Å². The topological polar surface area (TPSA) is 324 Å². The molecule has 3 saturated heterocycles. The van der Waals surface area contributed by atoms with Crippen LogP contribution in [-0.2, 0) is 44.4 Å². The van der Waals surface area contributed by atoms with Crippen molar-refractivity contribution in [3.63, 3.8) is 0 Å². The summed E-state index contributed by atoms with van der Waals surface area (Å²) in [4.78, 5) is 12.6. The Hall–Kier alpha value is -3.71. The number of phenolic OH excluding ortho intramolecular Hbond substituents is 4. The molecule has 5 rings (SSSR count). The highest BCUT2D eigenvalue weighted by molar-refractivity contribution is 5.87. The first kappa shape index (κ1) is 42.4. The summed E-state index contributed by atoms with van der Waals surface area (Å²) in [6, 6.07) is 7.88. The van der Waals surface area contributed by atoms with Gasteiger partial charge in [0.05, 0.1) is 19.3 Å². The fourth-order valence-corrected chi connectivity index (χ4v) is 6.12. The molecule has 20 nitrogen and oxygen atoms in total. The number of hydrogen-bond acceptors (Lipinski definition) is 20. The minimum Gasteiger partial charge on any atom is -0.504 e. The quantitative estimate of drug-likeness (QED) is 0.0541. The van der Waals surface area contributed by atoms with E-state index in [9.17, 15) is 66.1 Å². The highest BCUT2D eigenvalue weighted by atomic mass is 16.8. The first-order chi connectivity index (χ1) is 26.1. The number of phenols is 4. The summed E-state index contributed by atoms with van der Waals surface area (Å²) in [5, 5.41) is 124. The Labute approximate surface area is 313 Å². The van der Waals surface area contributed by atoms with Gasteiger partial charge in [-0.3, -0.25) is 0 Å². The Kier molecular flexibility index (Phi) is 14.3. The molecule has 15 atom stereocenters. The van der Waals surface area contributed by atoms with Crippen LogP contribution in [0.4, 0.5) is 0 Å². The summed E-state index contributed by atoms with van der Waals surface area (Å²) < 4.78 is 39.6. The van der Waals surface area contributed by atoms with Gasteiger partial charge in [0.1, 0.15) is 73.8 Å². The number of aromatic hydroxyl groups is 4. The summed E-state index contributed by atoms with van der Waals surface area (Å²) in [5.74, 6) is -2.44. The predicted octanol–water partition coefficient (Wildman–Crippen LogP) is -3.19. The minimum atomic E-state index is -1.93. The molecule has 3 heterocycles. The highest BCUT2D eigenvalue weighted by Gasteiger charge is 2.53. The zero-order chi connectivity index (χ0) is 40.1. The van der Waals surface area contributed by atoms with Crippen LogP contribution < -0.4 is 0 Å². The second-order valence-corrected chi connectivity index (χ2v) is 13.3. The number of rotatable bonds is 13. The van der Waals surface area contributed by atoms with Crippen molar-refractivity contribution in [3.8, 4) is 23.0 Å². The maximum Gasteiger partial charge on any atom is 0.330 e. The molecule has 2 aromatic rings. The van der Waals surface area contributed by atoms with Crippen LogP contribution in [0.5, 0.6) is 23.0 Å². The second-order valence-electron chi connectivity index (χ2n) is 13.3. The summed E-state index contributed by atoms with van der Waals surface area (Å²) in [6.07, 6.45) is -22.9. The lowest BCUT2D eigenvalue weighted by molar-refractivity contribution is -0.386. The van der Waals surface area contributed by atoms with Gasteiger partial charge in [-0.05, 0) is 54.8 Å². The number of carbonyl (C=O) groups is 1. The van der Waals surface area contributed by atoms with Crippen molar-refractivity contribution in [3.05, 3.63) is 53.6 Å². The number of carbonyl (C=O) groups excluding carboxylic acids is 1. The van der Waals surface area contributed by atoms with Crippen molar-refractivity contribution in [2.45, 2.75) is 105 Å². The SMILES string of the molecule is C[C@@H]1O[C@H](O[C@@H]2[C@@H](O)[C@H](OCCc3ccc(O)c(O)c3)O[C@H](COC(=O)/C=C/c3ccc(O)c(O)c3)[C@H]2O)[C@H](O[C@@H]2O[C@H](CO)[C@@H](O)[C@H](O)[C@H]2O)[C@H](O)[C@H]1O. The predicted molar refractivity (Wildman–Crippen MR) is 180 cm³/mol. The van der Waals surface area contributed by atoms with Gasteiger partial charge in [-0.1, -0.05) is 12.1 Å². The first-order valence-electron chi connectivity index (χ1n) is 17.2. The fraction of sp³-hybridized carbons (Fsp3) is 0.571. The van der Waals surface area contributed by atoms with Crippen LogP contribution >= 0.6 is 0 Å². The van der Waals surface area contributed by atoms with Crippen LogP contribution in [0.15, 0.2) is 42.5 Å². The van der Waals surface area contributed by atoms with Gasteiger partial charge in [-0.2, -0.15) is 0 Å². The van der Waals surface area contributed by atoms with Gasteiger partial charge in [0.15, 0.2) is 41.9 Å². The largest absolute Gasteiger partial charge is 0.504 e. The summed E-state index contributed by atoms with van der Waals surface area (Å²) in [6.45, 7) is -0.231. The maximum atomic E-state index is 12.6. The van der Waals surface area contributed by atoms with Crippen molar-refractivity contribution < 1.29 is 99.2 Å². The third kappa shape index (κ3) is 10.0. The lowest BCUT2D eigenvalue weighted by atomic mass is 9.96. The second kappa shape index (κ2) is 18.5. The van der Waals surface area contributed by atoms with Crippen molar-refractivity contribution in [2.75, 3.05) is 19.8 Å². The normalized spacial score (nSPS) is 36.9. The van der Waals surface area contributed by atoms with Crippen molar-refractivity contribution in [1.29, 1.82) is 0 Å². The third-order valence-corrected chi connectivity index (χ3v) is 9.37. The number of hydrogen-bond donors (Lipinski definition) is 12. The lowest BCUT2D eigenvalue weighted by Crippen LogP contribution is -2.66. The molecule has 3 aliphatic heterocycles. The molecule has 0 amide bonds. The van der Waals surface area contributed by atoms with Gasteiger partial charge in [0.25, 0.3) is 0 Å². The Morgan fingerprint density at radius 3 is 2.00 bits per heavy atom. The Bertz CT molecular complexity index is 1610. The number of aliphatic hydroxyl groups is 8. The van der Waals surface area contributed by atoms with Gasteiger partial charge in [0, 0.05) is 6.08 Å². The van der Waals surface area contributed by atoms with Crippen molar-refractivity contribution >= 4 is 12.0 Å². The van der Waals surface area contributed by atoms with E-state index in [2.05, 4.69) is 0 Å². The Balaban J connectivity index is 1.34. The van der Waals surface area contributed by atoms with Crippen LogP contribution in [0.1, 0.15) is 18.1 Å². The Morgan fingerprint density at radius 2 is 1.33 bits per heavy atom. The van der Waals surface area contributed by atoms with E-state index in [-0.39, 0.29) is 30.3 Å². The molecule has 0 aromatic heterocycles. The molecule has 55 heavy (non-hydrogen) atoms. The van der Waals surface area contributed by atoms with Gasteiger partial charge in [-0.25, -0.2) is 4.79 Å². The molecule has 3 fully saturated rings. The standard InChI is InChI=1S/C35H46O20/c1-14-24(42)28(46)32(55-34-29(47)27(45)25(43)21(12-36)52-34)35(51-14)54-31-26(44)22(13-50-23(41)7-4-15-2-5-17(37)19(39)10-15)53-33(30(31)48)49-9-8-16-3-6-18(38)20(40)11-16/h2-7,10-11,14,21-22,24-40,42-48H,8-9,12-13H2,1H3/b7-4+/t14-,21+,22+,24-,25+,26+,27-,28+,29+,30+,31-,32+,33+,34-,35+/m0/s1. The minimum absolute atomic E-state index is 0.133. The molecule has 12 N–H and O–H groups in total. The van der Waals surface area contributed by atoms with E-state index in [1.165, 1.54) is 49.4 Å². The fourth-order valence-electron chi connectivity index (χ4n) is 6.12. The van der Waals surface area contributed by atoms with E-state index >= 15 is 0 Å². The number of aliphatic hydroxyl groups excluding tert-OH is 8. The highest BCUT2D eigenvalue weighted by Crippen LogP contribution is 2.34. The number of ether oxygens (including phenoxy) is 7. The summed E-state index contributed by atoms with van der Waals surface area (Å²) in [7, 11) is 0. The molecule has 0 saturated carbocycles. The van der Waals surface area contributed by atoms with E-state index in [4.69, 9.17) is 33.2 Å². The summed E-state index contributed by atoms with van der Waals surface area (Å²) >= 11 is 0. The molecule has 0 spiro atoms. The number of benzene rings is 2. The average molecular weight is 787 g/mol. The average Bonchev–Trinajstić information content (AvgIpc) is 3.16. The molecule has 20 heteroatoms. The van der Waals surface area contributed by atoms with Crippen LogP contribution in [0, 0.1) is 0 Å². The molecule has 0 aliphatic carbocycles.